The number of hydrogen-bond donors (Lipinski definition) is 1. The minimum absolute atomic E-state index is 0.122. The number of aromatic nitrogens is 2. The van der Waals surface area contributed by atoms with Crippen LogP contribution in [0, 0.1) is 12.8 Å². The number of benzene rings is 1. The Morgan fingerprint density at radius 3 is 2.68 bits per heavy atom. The van der Waals surface area contributed by atoms with Gasteiger partial charge in [-0.15, -0.1) is 10.2 Å². The van der Waals surface area contributed by atoms with E-state index in [-0.39, 0.29) is 11.7 Å². The molecule has 28 heavy (non-hydrogen) atoms. The molecule has 3 aromatic rings. The molecule has 3 rings (SSSR count). The Kier molecular flexibility index (Phi) is 6.35. The molecule has 1 aromatic carbocycles. The maximum atomic E-state index is 12.9. The summed E-state index contributed by atoms with van der Waals surface area (Å²) >= 11 is 2.99. The Balaban J connectivity index is 1.90. The minimum Gasteiger partial charge on any atom is -0.467 e. The van der Waals surface area contributed by atoms with Crippen LogP contribution in [0.15, 0.2) is 33.0 Å². The highest BCUT2D eigenvalue weighted by molar-refractivity contribution is 8.00. The van der Waals surface area contributed by atoms with Gasteiger partial charge in [0.05, 0.1) is 7.11 Å². The van der Waals surface area contributed by atoms with Gasteiger partial charge in [0.15, 0.2) is 10.1 Å². The second-order valence-electron chi connectivity index (χ2n) is 6.50. The van der Waals surface area contributed by atoms with Crippen LogP contribution in [0.3, 0.4) is 0 Å². The molecule has 1 atom stereocenters. The lowest BCUT2D eigenvalue weighted by molar-refractivity contribution is -0.144. The number of nitrogens with zero attached hydrogens (tertiary/aromatic N) is 2. The van der Waals surface area contributed by atoms with Crippen molar-refractivity contribution >= 4 is 45.9 Å². The van der Waals surface area contributed by atoms with Gasteiger partial charge in [0.1, 0.15) is 16.6 Å². The Bertz CT molecular complexity index is 996. The summed E-state index contributed by atoms with van der Waals surface area (Å²) in [6.07, 6.45) is 0. The number of methoxy groups -OCH3 is 1. The lowest BCUT2D eigenvalue weighted by Gasteiger charge is -2.19. The number of carbonyl (C=O) groups excluding carboxylic acids is 2. The van der Waals surface area contributed by atoms with Crippen LogP contribution in [0.2, 0.25) is 0 Å². The van der Waals surface area contributed by atoms with Gasteiger partial charge in [0, 0.05) is 16.7 Å². The fourth-order valence-corrected chi connectivity index (χ4v) is 4.57. The van der Waals surface area contributed by atoms with Gasteiger partial charge in [-0.05, 0) is 18.9 Å². The molecule has 1 N–H and O–H groups in total. The third kappa shape index (κ3) is 4.36. The second-order valence-corrected chi connectivity index (χ2v) is 8.90. The summed E-state index contributed by atoms with van der Waals surface area (Å²) in [5.41, 5.74) is 1.38. The van der Waals surface area contributed by atoms with Crippen LogP contribution in [0.1, 0.15) is 35.0 Å². The van der Waals surface area contributed by atoms with Crippen molar-refractivity contribution in [2.45, 2.75) is 36.9 Å². The van der Waals surface area contributed by atoms with E-state index in [4.69, 9.17) is 9.15 Å². The van der Waals surface area contributed by atoms with E-state index in [0.29, 0.717) is 11.3 Å². The van der Waals surface area contributed by atoms with Gasteiger partial charge in [-0.3, -0.25) is 4.79 Å². The molecule has 1 amide bonds. The number of para-hydroxylation sites is 1. The molecule has 0 spiro atoms. The molecule has 0 saturated heterocycles. The third-order valence-corrected chi connectivity index (χ3v) is 6.16. The molecular formula is C19H21N3O4S2. The molecule has 0 saturated carbocycles. The van der Waals surface area contributed by atoms with E-state index in [9.17, 15) is 9.59 Å². The average Bonchev–Trinajstić information content (AvgIpc) is 3.26. The highest BCUT2D eigenvalue weighted by Crippen LogP contribution is 2.33. The SMILES string of the molecule is COC(=O)[C@@H](NC(=O)c1oc2ccccc2c1CSc1nnc(C)s1)C(C)C. The number of nitrogens with one attached hydrogen (secondary N) is 1. The van der Waals surface area contributed by atoms with Gasteiger partial charge < -0.3 is 14.5 Å². The number of hydrogen-bond acceptors (Lipinski definition) is 8. The first-order chi connectivity index (χ1) is 13.4. The number of fused-ring (bicyclic) bond motifs is 1. The van der Waals surface area contributed by atoms with Crippen LogP contribution in [-0.2, 0) is 15.3 Å². The second kappa shape index (κ2) is 8.74. The molecule has 7 nitrogen and oxygen atoms in total. The number of carbonyl (C=O) groups is 2. The summed E-state index contributed by atoms with van der Waals surface area (Å²) in [6.45, 7) is 5.58. The van der Waals surface area contributed by atoms with E-state index >= 15 is 0 Å². The summed E-state index contributed by atoms with van der Waals surface area (Å²) in [5.74, 6) is -0.351. The molecular weight excluding hydrogens is 398 g/mol. The third-order valence-electron chi connectivity index (χ3n) is 4.16. The smallest absolute Gasteiger partial charge is 0.328 e. The van der Waals surface area contributed by atoms with Crippen LogP contribution in [0.4, 0.5) is 0 Å². The first-order valence-electron chi connectivity index (χ1n) is 8.72. The van der Waals surface area contributed by atoms with Crippen LogP contribution in [0.25, 0.3) is 11.0 Å². The lowest BCUT2D eigenvalue weighted by atomic mass is 10.0. The largest absolute Gasteiger partial charge is 0.467 e. The zero-order chi connectivity index (χ0) is 20.3. The van der Waals surface area contributed by atoms with Crippen molar-refractivity contribution in [1.82, 2.24) is 15.5 Å². The van der Waals surface area contributed by atoms with E-state index in [1.165, 1.54) is 30.2 Å². The lowest BCUT2D eigenvalue weighted by Crippen LogP contribution is -2.45. The van der Waals surface area contributed by atoms with Crippen LogP contribution >= 0.6 is 23.1 Å². The molecule has 0 aliphatic carbocycles. The Morgan fingerprint density at radius 1 is 1.29 bits per heavy atom. The normalized spacial score (nSPS) is 12.3. The number of ether oxygens (including phenoxy) is 1. The summed E-state index contributed by atoms with van der Waals surface area (Å²) in [4.78, 5) is 24.9. The Hall–Kier alpha value is -2.39. The first-order valence-corrected chi connectivity index (χ1v) is 10.5. The fourth-order valence-electron chi connectivity index (χ4n) is 2.73. The molecule has 0 fully saturated rings. The van der Waals surface area contributed by atoms with Crippen molar-refractivity contribution in [3.63, 3.8) is 0 Å². The molecule has 0 unspecified atom stereocenters. The minimum atomic E-state index is -0.753. The van der Waals surface area contributed by atoms with Gasteiger partial charge in [-0.2, -0.15) is 0 Å². The van der Waals surface area contributed by atoms with Crippen molar-refractivity contribution in [3.8, 4) is 0 Å². The molecule has 9 heteroatoms. The van der Waals surface area contributed by atoms with Gasteiger partial charge in [0.2, 0.25) is 0 Å². The zero-order valence-corrected chi connectivity index (χ0v) is 17.6. The van der Waals surface area contributed by atoms with Crippen molar-refractivity contribution in [3.05, 3.63) is 40.6 Å². The number of thioether (sulfide) groups is 1. The number of rotatable bonds is 7. The molecule has 0 aliphatic heterocycles. The highest BCUT2D eigenvalue weighted by Gasteiger charge is 2.29. The molecule has 2 aromatic heterocycles. The fraction of sp³-hybridized carbons (Fsp3) is 0.368. The molecule has 0 radical (unpaired) electrons. The van der Waals surface area contributed by atoms with E-state index in [2.05, 4.69) is 15.5 Å². The van der Waals surface area contributed by atoms with E-state index < -0.39 is 17.9 Å². The summed E-state index contributed by atoms with van der Waals surface area (Å²) in [6, 6.07) is 6.72. The Morgan fingerprint density at radius 2 is 2.04 bits per heavy atom. The van der Waals surface area contributed by atoms with E-state index in [1.807, 2.05) is 45.0 Å². The number of aryl methyl sites for hydroxylation is 1. The number of amides is 1. The number of furan rings is 1. The summed E-state index contributed by atoms with van der Waals surface area (Å²) < 4.78 is 11.5. The van der Waals surface area contributed by atoms with Crippen LogP contribution in [0.5, 0.6) is 0 Å². The molecule has 0 aliphatic rings. The van der Waals surface area contributed by atoms with Crippen molar-refractivity contribution in [2.24, 2.45) is 5.92 Å². The van der Waals surface area contributed by atoms with Crippen LogP contribution < -0.4 is 5.32 Å². The van der Waals surface area contributed by atoms with E-state index in [0.717, 1.165) is 20.3 Å². The standard InChI is InChI=1S/C19H21N3O4S2/c1-10(2)15(18(24)25-4)20-17(23)16-13(9-27-19-22-21-11(3)28-19)12-7-5-6-8-14(12)26-16/h5-8,10,15H,9H2,1-4H3,(H,20,23)/t15-/m0/s1. The quantitative estimate of drug-likeness (QED) is 0.460. The predicted molar refractivity (Wildman–Crippen MR) is 109 cm³/mol. The van der Waals surface area contributed by atoms with Gasteiger partial charge in [0.25, 0.3) is 5.91 Å². The van der Waals surface area contributed by atoms with Crippen LogP contribution in [-0.4, -0.2) is 35.2 Å². The van der Waals surface area contributed by atoms with Crippen molar-refractivity contribution in [1.29, 1.82) is 0 Å². The van der Waals surface area contributed by atoms with Crippen molar-refractivity contribution < 1.29 is 18.7 Å². The van der Waals surface area contributed by atoms with E-state index in [1.54, 1.807) is 0 Å². The zero-order valence-electron chi connectivity index (χ0n) is 16.0. The topological polar surface area (TPSA) is 94.3 Å². The maximum Gasteiger partial charge on any atom is 0.328 e. The van der Waals surface area contributed by atoms with Gasteiger partial charge >= 0.3 is 5.97 Å². The summed E-state index contributed by atoms with van der Waals surface area (Å²) in [7, 11) is 1.30. The molecule has 0 bridgehead atoms. The molecule has 148 valence electrons. The van der Waals surface area contributed by atoms with Gasteiger partial charge in [-0.25, -0.2) is 4.79 Å². The maximum absolute atomic E-state index is 12.9. The number of esters is 1. The average molecular weight is 420 g/mol. The summed E-state index contributed by atoms with van der Waals surface area (Å²) in [5, 5.41) is 12.6. The van der Waals surface area contributed by atoms with Gasteiger partial charge in [-0.1, -0.05) is 55.1 Å². The highest BCUT2D eigenvalue weighted by atomic mass is 32.2. The first kappa shape index (κ1) is 20.3. The predicted octanol–water partition coefficient (Wildman–Crippen LogP) is 3.81. The van der Waals surface area contributed by atoms with Crippen molar-refractivity contribution in [2.75, 3.05) is 7.11 Å². The Labute approximate surface area is 170 Å². The monoisotopic (exact) mass is 419 g/mol. The molecule has 2 heterocycles.